The van der Waals surface area contributed by atoms with E-state index in [9.17, 15) is 4.39 Å². The molecule has 0 atom stereocenters. The molecule has 0 aliphatic carbocycles. The van der Waals surface area contributed by atoms with Gasteiger partial charge in [-0.05, 0) is 29.7 Å². The number of hydrogen-bond donors (Lipinski definition) is 1. The highest BCUT2D eigenvalue weighted by Crippen LogP contribution is 2.09. The summed E-state index contributed by atoms with van der Waals surface area (Å²) in [5.41, 5.74) is 1.19. The first kappa shape index (κ1) is 14.6. The van der Waals surface area contributed by atoms with Gasteiger partial charge in [-0.15, -0.1) is 0 Å². The van der Waals surface area contributed by atoms with Crippen molar-refractivity contribution in [1.29, 1.82) is 5.26 Å². The van der Waals surface area contributed by atoms with Crippen LogP contribution >= 0.6 is 0 Å². The highest BCUT2D eigenvalue weighted by atomic mass is 19.1. The van der Waals surface area contributed by atoms with Crippen LogP contribution in [0.3, 0.4) is 0 Å². The fourth-order valence-corrected chi connectivity index (χ4v) is 1.50. The summed E-state index contributed by atoms with van der Waals surface area (Å²) >= 11 is 0. The van der Waals surface area contributed by atoms with Crippen LogP contribution in [-0.4, -0.2) is 19.8 Å². The Labute approximate surface area is 108 Å². The van der Waals surface area contributed by atoms with Gasteiger partial charge in [0, 0.05) is 19.7 Å². The molecule has 18 heavy (non-hydrogen) atoms. The first-order valence-electron chi connectivity index (χ1n) is 6.10. The molecular weight excluding hydrogens is 231 g/mol. The highest BCUT2D eigenvalue weighted by molar-refractivity contribution is 5.37. The molecule has 1 rings (SSSR count). The molecule has 0 unspecified atom stereocenters. The summed E-state index contributed by atoms with van der Waals surface area (Å²) in [5, 5.41) is 12.0. The normalized spacial score (nSPS) is 10.6. The van der Waals surface area contributed by atoms with Crippen LogP contribution in [0.4, 0.5) is 4.39 Å². The second-order valence-electron chi connectivity index (χ2n) is 4.56. The predicted octanol–water partition coefficient (Wildman–Crippen LogP) is 2.46. The van der Waals surface area contributed by atoms with Crippen molar-refractivity contribution < 1.29 is 9.13 Å². The zero-order valence-corrected chi connectivity index (χ0v) is 10.9. The smallest absolute Gasteiger partial charge is 0.123 e. The second kappa shape index (κ2) is 7.80. The van der Waals surface area contributed by atoms with Crippen LogP contribution in [0.2, 0.25) is 0 Å². The summed E-state index contributed by atoms with van der Waals surface area (Å²) in [6, 6.07) is 6.24. The number of nitrogens with zero attached hydrogens (tertiary/aromatic N) is 1. The molecule has 0 aliphatic heterocycles. The molecule has 0 heterocycles. The Balaban J connectivity index is 2.31. The van der Waals surface area contributed by atoms with Crippen LogP contribution in [0.1, 0.15) is 25.0 Å². The van der Waals surface area contributed by atoms with Crippen LogP contribution < -0.4 is 5.32 Å². The third-order valence-electron chi connectivity index (χ3n) is 2.38. The van der Waals surface area contributed by atoms with Gasteiger partial charge in [0.2, 0.25) is 0 Å². The molecular formula is C14H19FN2O. The molecule has 0 saturated heterocycles. The average Bonchev–Trinajstić information content (AvgIpc) is 2.33. The van der Waals surface area contributed by atoms with Gasteiger partial charge >= 0.3 is 0 Å². The minimum absolute atomic E-state index is 0.318. The van der Waals surface area contributed by atoms with E-state index in [0.29, 0.717) is 36.7 Å². The van der Waals surface area contributed by atoms with Crippen molar-refractivity contribution in [3.63, 3.8) is 0 Å². The fourth-order valence-electron chi connectivity index (χ4n) is 1.50. The fraction of sp³-hybridized carbons (Fsp3) is 0.500. The molecule has 0 spiro atoms. The van der Waals surface area contributed by atoms with E-state index in [-0.39, 0.29) is 5.82 Å². The van der Waals surface area contributed by atoms with Gasteiger partial charge in [-0.1, -0.05) is 13.8 Å². The Kier molecular flexibility index (Phi) is 6.34. The van der Waals surface area contributed by atoms with E-state index in [0.717, 1.165) is 6.61 Å². The van der Waals surface area contributed by atoms with Gasteiger partial charge in [0.05, 0.1) is 18.2 Å². The number of nitrogens with one attached hydrogen (secondary N) is 1. The molecule has 98 valence electrons. The van der Waals surface area contributed by atoms with Gasteiger partial charge in [0.25, 0.3) is 0 Å². The lowest BCUT2D eigenvalue weighted by molar-refractivity contribution is 0.111. The van der Waals surface area contributed by atoms with Crippen molar-refractivity contribution in [1.82, 2.24) is 5.32 Å². The zero-order valence-electron chi connectivity index (χ0n) is 10.9. The van der Waals surface area contributed by atoms with Gasteiger partial charge in [0.1, 0.15) is 5.82 Å². The second-order valence-corrected chi connectivity index (χ2v) is 4.56. The highest BCUT2D eigenvalue weighted by Gasteiger charge is 2.03. The van der Waals surface area contributed by atoms with Crippen molar-refractivity contribution in [3.05, 3.63) is 35.1 Å². The van der Waals surface area contributed by atoms with Gasteiger partial charge in [-0.2, -0.15) is 5.26 Å². The maximum atomic E-state index is 13.0. The topological polar surface area (TPSA) is 45.0 Å². The van der Waals surface area contributed by atoms with E-state index in [4.69, 9.17) is 10.00 Å². The summed E-state index contributed by atoms with van der Waals surface area (Å²) in [6.07, 6.45) is 0. The molecule has 1 aromatic carbocycles. The van der Waals surface area contributed by atoms with E-state index in [1.54, 1.807) is 0 Å². The zero-order chi connectivity index (χ0) is 13.4. The van der Waals surface area contributed by atoms with Crippen molar-refractivity contribution in [3.8, 4) is 6.07 Å². The minimum Gasteiger partial charge on any atom is -0.380 e. The summed E-state index contributed by atoms with van der Waals surface area (Å²) in [7, 11) is 0. The van der Waals surface area contributed by atoms with Crippen molar-refractivity contribution in [2.45, 2.75) is 20.4 Å². The maximum absolute atomic E-state index is 13.0. The third kappa shape index (κ3) is 5.26. The van der Waals surface area contributed by atoms with E-state index >= 15 is 0 Å². The van der Waals surface area contributed by atoms with Gasteiger partial charge in [-0.25, -0.2) is 4.39 Å². The van der Waals surface area contributed by atoms with E-state index in [1.165, 1.54) is 18.2 Å². The molecule has 0 amide bonds. The molecule has 0 saturated carbocycles. The first-order valence-corrected chi connectivity index (χ1v) is 6.10. The van der Waals surface area contributed by atoms with Crippen LogP contribution in [0.25, 0.3) is 0 Å². The molecule has 4 heteroatoms. The van der Waals surface area contributed by atoms with Gasteiger partial charge < -0.3 is 10.1 Å². The summed E-state index contributed by atoms with van der Waals surface area (Å²) in [5.74, 6) is 0.209. The lowest BCUT2D eigenvalue weighted by Gasteiger charge is -2.09. The number of benzene rings is 1. The largest absolute Gasteiger partial charge is 0.380 e. The lowest BCUT2D eigenvalue weighted by atomic mass is 10.1. The summed E-state index contributed by atoms with van der Waals surface area (Å²) in [6.45, 7) is 6.72. The minimum atomic E-state index is -0.318. The van der Waals surface area contributed by atoms with Crippen LogP contribution in [0, 0.1) is 23.1 Å². The van der Waals surface area contributed by atoms with Gasteiger partial charge in [0.15, 0.2) is 0 Å². The Morgan fingerprint density at radius 1 is 1.44 bits per heavy atom. The van der Waals surface area contributed by atoms with E-state index in [1.807, 2.05) is 0 Å². The molecule has 0 fully saturated rings. The van der Waals surface area contributed by atoms with E-state index < -0.39 is 0 Å². The Hall–Kier alpha value is -1.44. The molecule has 1 aromatic rings. The summed E-state index contributed by atoms with van der Waals surface area (Å²) in [4.78, 5) is 0. The number of ether oxygens (including phenoxy) is 1. The number of nitriles is 1. The molecule has 0 radical (unpaired) electrons. The van der Waals surface area contributed by atoms with Gasteiger partial charge in [-0.3, -0.25) is 0 Å². The molecule has 0 aromatic heterocycles. The molecule has 0 aliphatic rings. The average molecular weight is 250 g/mol. The van der Waals surface area contributed by atoms with Crippen LogP contribution in [0.5, 0.6) is 0 Å². The molecule has 1 N–H and O–H groups in total. The quantitative estimate of drug-likeness (QED) is 0.756. The standard InChI is InChI=1S/C14H19FN2O/c1-11(2)10-18-6-5-17-9-13-7-14(15)4-3-12(13)8-16/h3-4,7,11,17H,5-6,9-10H2,1-2H3. The maximum Gasteiger partial charge on any atom is 0.123 e. The lowest BCUT2D eigenvalue weighted by Crippen LogP contribution is -2.20. The number of halogens is 1. The Morgan fingerprint density at radius 2 is 2.22 bits per heavy atom. The van der Waals surface area contributed by atoms with Crippen molar-refractivity contribution in [2.24, 2.45) is 5.92 Å². The van der Waals surface area contributed by atoms with Crippen molar-refractivity contribution in [2.75, 3.05) is 19.8 Å². The Morgan fingerprint density at radius 3 is 2.89 bits per heavy atom. The molecule has 0 bridgehead atoms. The van der Waals surface area contributed by atoms with Crippen LogP contribution in [-0.2, 0) is 11.3 Å². The third-order valence-corrected chi connectivity index (χ3v) is 2.38. The monoisotopic (exact) mass is 250 g/mol. The number of hydrogen-bond acceptors (Lipinski definition) is 3. The summed E-state index contributed by atoms with van der Waals surface area (Å²) < 4.78 is 18.5. The van der Waals surface area contributed by atoms with Crippen molar-refractivity contribution >= 4 is 0 Å². The SMILES string of the molecule is CC(C)COCCNCc1cc(F)ccc1C#N. The number of rotatable bonds is 7. The van der Waals surface area contributed by atoms with E-state index in [2.05, 4.69) is 25.2 Å². The Bertz CT molecular complexity index is 413. The predicted molar refractivity (Wildman–Crippen MR) is 68.5 cm³/mol. The first-order chi connectivity index (χ1) is 8.63. The molecule has 3 nitrogen and oxygen atoms in total. The van der Waals surface area contributed by atoms with Crippen LogP contribution in [0.15, 0.2) is 18.2 Å².